The Kier molecular flexibility index (Phi) is 6.06. The Morgan fingerprint density at radius 1 is 1.09 bits per heavy atom. The first-order valence-electron chi connectivity index (χ1n) is 10.1. The molecule has 2 heterocycles. The number of alkyl halides is 3. The number of nitrogens with zero attached hydrogens (tertiary/aromatic N) is 1. The van der Waals surface area contributed by atoms with Gasteiger partial charge in [-0.05, 0) is 65.7 Å². The van der Waals surface area contributed by atoms with Crippen LogP contribution in [-0.2, 0) is 30.4 Å². The van der Waals surface area contributed by atoms with E-state index in [1.165, 1.54) is 22.6 Å². The largest absolute Gasteiger partial charge is 0.416 e. The number of halogens is 3. The minimum Gasteiger partial charge on any atom is -0.334 e. The number of fused-ring (bicyclic) bond motifs is 1. The summed E-state index contributed by atoms with van der Waals surface area (Å²) in [5.74, 6) is -0.448. The lowest BCUT2D eigenvalue weighted by Crippen LogP contribution is -2.35. The van der Waals surface area contributed by atoms with Crippen molar-refractivity contribution < 1.29 is 22.8 Å². The third-order valence-electron chi connectivity index (χ3n) is 5.58. The average Bonchev–Trinajstić information content (AvgIpc) is 3.22. The Balaban J connectivity index is 1.44. The van der Waals surface area contributed by atoms with Crippen LogP contribution in [0.1, 0.15) is 37.5 Å². The summed E-state index contributed by atoms with van der Waals surface area (Å²) in [5.41, 5.74) is 2.59. The fourth-order valence-corrected chi connectivity index (χ4v) is 4.68. The molecular formula is C24H21F3N2O2S. The zero-order chi connectivity index (χ0) is 22.9. The molecule has 166 valence electrons. The van der Waals surface area contributed by atoms with Gasteiger partial charge in [0, 0.05) is 29.2 Å². The number of hydrogen-bond acceptors (Lipinski definition) is 3. The van der Waals surface area contributed by atoms with Gasteiger partial charge in [-0.25, -0.2) is 0 Å². The van der Waals surface area contributed by atoms with E-state index in [9.17, 15) is 22.8 Å². The van der Waals surface area contributed by atoms with Gasteiger partial charge in [0.05, 0.1) is 12.0 Å². The maximum absolute atomic E-state index is 13.1. The van der Waals surface area contributed by atoms with Crippen LogP contribution in [0, 0.1) is 6.92 Å². The second-order valence-electron chi connectivity index (χ2n) is 7.74. The lowest BCUT2D eigenvalue weighted by atomic mass is 10.0. The van der Waals surface area contributed by atoms with Gasteiger partial charge >= 0.3 is 6.18 Å². The van der Waals surface area contributed by atoms with Crippen molar-refractivity contribution in [1.82, 2.24) is 4.90 Å². The topological polar surface area (TPSA) is 49.4 Å². The fourth-order valence-electron chi connectivity index (χ4n) is 3.79. The zero-order valence-corrected chi connectivity index (χ0v) is 18.1. The van der Waals surface area contributed by atoms with Crippen LogP contribution in [0.2, 0.25) is 0 Å². The molecule has 0 unspecified atom stereocenters. The number of nitrogens with one attached hydrogen (secondary N) is 1. The molecule has 0 saturated heterocycles. The Hall–Kier alpha value is -3.13. The fraction of sp³-hybridized carbons (Fsp3) is 0.250. The van der Waals surface area contributed by atoms with Crippen LogP contribution >= 0.6 is 11.3 Å². The van der Waals surface area contributed by atoms with Gasteiger partial charge in [0.25, 0.3) is 5.91 Å². The summed E-state index contributed by atoms with van der Waals surface area (Å²) in [6.45, 7) is 3.00. The zero-order valence-electron chi connectivity index (χ0n) is 17.3. The van der Waals surface area contributed by atoms with E-state index >= 15 is 0 Å². The van der Waals surface area contributed by atoms with E-state index < -0.39 is 11.7 Å². The van der Waals surface area contributed by atoms with E-state index in [1.807, 2.05) is 16.3 Å². The molecule has 32 heavy (non-hydrogen) atoms. The predicted molar refractivity (Wildman–Crippen MR) is 118 cm³/mol. The third-order valence-corrected chi connectivity index (χ3v) is 6.60. The average molecular weight is 459 g/mol. The molecule has 0 radical (unpaired) electrons. The minimum absolute atomic E-state index is 0.0667. The molecule has 0 atom stereocenters. The van der Waals surface area contributed by atoms with E-state index in [-0.39, 0.29) is 18.2 Å². The standard InChI is InChI=1S/C24H21F3N2O2S/c1-15-19(23(31)29-11-9-21-17(14-29)10-12-32-21)3-2-4-20(15)28-22(30)13-16-5-7-18(8-6-16)24(25,26)27/h2-8,10,12H,9,11,13-14H2,1H3,(H,28,30). The van der Waals surface area contributed by atoms with E-state index in [0.29, 0.717) is 35.5 Å². The van der Waals surface area contributed by atoms with Crippen molar-refractivity contribution in [2.24, 2.45) is 0 Å². The van der Waals surface area contributed by atoms with Gasteiger partial charge < -0.3 is 10.2 Å². The molecule has 4 rings (SSSR count). The van der Waals surface area contributed by atoms with Gasteiger partial charge in [0.1, 0.15) is 0 Å². The Bertz CT molecular complexity index is 1150. The van der Waals surface area contributed by atoms with Crippen LogP contribution in [0.15, 0.2) is 53.9 Å². The molecular weight excluding hydrogens is 437 g/mol. The number of thiophene rings is 1. The second kappa shape index (κ2) is 8.78. The first-order valence-corrected chi connectivity index (χ1v) is 11.0. The molecule has 3 aromatic rings. The molecule has 2 amide bonds. The summed E-state index contributed by atoms with van der Waals surface area (Å²) in [6.07, 6.45) is -3.64. The third kappa shape index (κ3) is 4.70. The van der Waals surface area contributed by atoms with Crippen molar-refractivity contribution in [2.75, 3.05) is 11.9 Å². The van der Waals surface area contributed by atoms with Crippen molar-refractivity contribution in [2.45, 2.75) is 32.5 Å². The Morgan fingerprint density at radius 2 is 1.84 bits per heavy atom. The highest BCUT2D eigenvalue weighted by molar-refractivity contribution is 7.10. The van der Waals surface area contributed by atoms with Gasteiger partial charge in [0.2, 0.25) is 5.91 Å². The van der Waals surface area contributed by atoms with Crippen LogP contribution in [-0.4, -0.2) is 23.3 Å². The monoisotopic (exact) mass is 458 g/mol. The normalized spacial score (nSPS) is 13.6. The molecule has 4 nitrogen and oxygen atoms in total. The number of anilines is 1. The van der Waals surface area contributed by atoms with Crippen LogP contribution < -0.4 is 5.32 Å². The van der Waals surface area contributed by atoms with Crippen LogP contribution in [0.3, 0.4) is 0 Å². The SMILES string of the molecule is Cc1c(NC(=O)Cc2ccc(C(F)(F)F)cc2)cccc1C(=O)N1CCc2sccc2C1. The number of carbonyl (C=O) groups is 2. The molecule has 1 aromatic heterocycles. The first kappa shape index (κ1) is 22.1. The van der Waals surface area contributed by atoms with Crippen molar-refractivity contribution in [3.8, 4) is 0 Å². The highest BCUT2D eigenvalue weighted by atomic mass is 32.1. The molecule has 0 fully saturated rings. The van der Waals surface area contributed by atoms with Crippen LogP contribution in [0.4, 0.5) is 18.9 Å². The van der Waals surface area contributed by atoms with Gasteiger partial charge in [-0.2, -0.15) is 13.2 Å². The lowest BCUT2D eigenvalue weighted by molar-refractivity contribution is -0.137. The van der Waals surface area contributed by atoms with Crippen LogP contribution in [0.25, 0.3) is 0 Å². The highest BCUT2D eigenvalue weighted by Crippen LogP contribution is 2.29. The molecule has 0 aliphatic carbocycles. The minimum atomic E-state index is -4.41. The van der Waals surface area contributed by atoms with E-state index in [1.54, 1.807) is 36.5 Å². The summed E-state index contributed by atoms with van der Waals surface area (Å²) in [4.78, 5) is 28.7. The molecule has 1 aliphatic heterocycles. The highest BCUT2D eigenvalue weighted by Gasteiger charge is 2.30. The van der Waals surface area contributed by atoms with Crippen molar-refractivity contribution in [1.29, 1.82) is 0 Å². The van der Waals surface area contributed by atoms with Gasteiger partial charge in [0.15, 0.2) is 0 Å². The van der Waals surface area contributed by atoms with Crippen molar-refractivity contribution >= 4 is 28.8 Å². The van der Waals surface area contributed by atoms with Gasteiger partial charge in [-0.3, -0.25) is 9.59 Å². The first-order chi connectivity index (χ1) is 15.2. The number of benzene rings is 2. The van der Waals surface area contributed by atoms with E-state index in [2.05, 4.69) is 5.32 Å². The smallest absolute Gasteiger partial charge is 0.334 e. The molecule has 1 N–H and O–H groups in total. The Labute approximate surface area is 187 Å². The predicted octanol–water partition coefficient (Wildman–Crippen LogP) is 5.46. The summed E-state index contributed by atoms with van der Waals surface area (Å²) in [5, 5.41) is 4.82. The summed E-state index contributed by atoms with van der Waals surface area (Å²) in [6, 6.07) is 11.7. The molecule has 1 aliphatic rings. The summed E-state index contributed by atoms with van der Waals surface area (Å²) in [7, 11) is 0. The maximum Gasteiger partial charge on any atom is 0.416 e. The van der Waals surface area contributed by atoms with Crippen molar-refractivity contribution in [3.63, 3.8) is 0 Å². The lowest BCUT2D eigenvalue weighted by Gasteiger charge is -2.28. The summed E-state index contributed by atoms with van der Waals surface area (Å²) >= 11 is 1.71. The maximum atomic E-state index is 13.1. The molecule has 8 heteroatoms. The Morgan fingerprint density at radius 3 is 2.56 bits per heavy atom. The number of carbonyl (C=O) groups excluding carboxylic acids is 2. The second-order valence-corrected chi connectivity index (χ2v) is 8.74. The summed E-state index contributed by atoms with van der Waals surface area (Å²) < 4.78 is 38.1. The molecule has 0 bridgehead atoms. The number of rotatable bonds is 4. The van der Waals surface area contributed by atoms with E-state index in [4.69, 9.17) is 0 Å². The number of hydrogen-bond donors (Lipinski definition) is 1. The number of amides is 2. The molecule has 0 saturated carbocycles. The van der Waals surface area contributed by atoms with E-state index in [0.717, 1.165) is 18.6 Å². The van der Waals surface area contributed by atoms with Crippen molar-refractivity contribution in [3.05, 3.63) is 86.6 Å². The quantitative estimate of drug-likeness (QED) is 0.565. The van der Waals surface area contributed by atoms with Crippen LogP contribution in [0.5, 0.6) is 0 Å². The molecule has 2 aromatic carbocycles. The molecule has 0 spiro atoms. The van der Waals surface area contributed by atoms with Gasteiger partial charge in [-0.15, -0.1) is 11.3 Å². The van der Waals surface area contributed by atoms with Gasteiger partial charge in [-0.1, -0.05) is 18.2 Å².